The number of ether oxygens (including phenoxy) is 6. The molecule has 0 aliphatic heterocycles. The number of aliphatic hydroxyl groups is 2. The van der Waals surface area contributed by atoms with Crippen LogP contribution >= 0.6 is 0 Å². The number of esters is 4. The van der Waals surface area contributed by atoms with Gasteiger partial charge in [-0.05, 0) is 495 Å². The number of carbonyl (C=O) groups is 4. The molecule has 24 rings (SSSR count). The summed E-state index contributed by atoms with van der Waals surface area (Å²) in [6.07, 6.45) is 55.4. The van der Waals surface area contributed by atoms with Crippen molar-refractivity contribution in [2.75, 3.05) is 0 Å². The van der Waals surface area contributed by atoms with E-state index in [1.54, 1.807) is 0 Å². The molecule has 826 valence electrons. The minimum absolute atomic E-state index is 0. The largest absolute Gasteiger partial charge is 0.459 e. The average Bonchev–Trinajstić information content (AvgIpc) is 0.716. The zero-order chi connectivity index (χ0) is 92.8. The summed E-state index contributed by atoms with van der Waals surface area (Å²) in [6.45, 7) is 57.6. The van der Waals surface area contributed by atoms with E-state index in [1.165, 1.54) is 225 Å². The van der Waals surface area contributed by atoms with Gasteiger partial charge < -0.3 is 38.6 Å². The van der Waals surface area contributed by atoms with Gasteiger partial charge in [-0.3, -0.25) is 19.2 Å². The fraction of sp³-hybridized carbons (Fsp3) is 0.969. The number of aliphatic hydroxyl groups excluding tert-OH is 2. The molecule has 0 aromatic heterocycles. The second-order valence-electron chi connectivity index (χ2n) is 54.1. The molecule has 24 fully saturated rings. The number of carbonyl (C=O) groups excluding carboxylic acids is 4. The van der Waals surface area contributed by atoms with Crippen molar-refractivity contribution in [2.24, 2.45) is 179 Å². The predicted molar refractivity (Wildman–Crippen MR) is 596 cm³/mol. The predicted octanol–water partition coefficient (Wildman–Crippen LogP) is 37.2. The van der Waals surface area contributed by atoms with E-state index in [9.17, 15) is 29.4 Å². The Kier molecular flexibility index (Phi) is 49.5. The standard InChI is InChI=1S/C22H38O2.C20H34O2.C19H32O2.C19H34O2.C18H32O2.C17H28O2.12CH4/c1-6-8-9-21(5,24-19(23)20(3,4)7-2)22-13-16-10-17(14-22)12-18(11-16)15-22;1-5-7-8-20(22-18(21)19(3,4)6-2)16-10-14-9-15(12-16)13-17(20)11-14;1-6-17(2,3)16(20)21-18(4,5)19-10-13-7-14(11-19)9-15(8-13)12-19;1-6-18(4,5)17(20)21-19(12(2)3)15-8-13-7-14(10-15)11-16(19)9-13;1-5-17(3,4)16(19)20-18(6-2)14-8-12-7-13(10-14)11-15(18)9-12;1-5-16(2,3)15(18)19-17(4)13-7-11-6-12(9-13)10-14(17)8-11;;;;;;;;;;;;/h16-18H,6-15H2,1-5H3;14-17H,5-13H2,1-4H3;13-15H,6-12H2,1-5H3;12-17,20H,6-11H2,1-5H3;12-16,19H,5-11H2,1-4H3;11-14H,5-10H2,1-4H3;12*1H4. The lowest BCUT2D eigenvalue weighted by Crippen LogP contribution is -2.63. The van der Waals surface area contributed by atoms with E-state index in [1.807, 2.05) is 55.4 Å². The van der Waals surface area contributed by atoms with Crippen LogP contribution in [0.4, 0.5) is 0 Å². The summed E-state index contributed by atoms with van der Waals surface area (Å²) in [5.74, 6) is 18.8. The van der Waals surface area contributed by atoms with Gasteiger partial charge in [-0.15, -0.1) is 0 Å². The molecule has 0 heterocycles. The summed E-state index contributed by atoms with van der Waals surface area (Å²) in [6, 6.07) is 0. The van der Waals surface area contributed by atoms with Crippen LogP contribution in [0.3, 0.4) is 0 Å². The van der Waals surface area contributed by atoms with Crippen LogP contribution < -0.4 is 0 Å². The Morgan fingerprint density at radius 3 is 0.849 bits per heavy atom. The third-order valence-electron chi connectivity index (χ3n) is 42.9. The minimum atomic E-state index is -0.637. The first-order valence-electron chi connectivity index (χ1n) is 55.0. The Bertz CT molecular complexity index is 3490. The summed E-state index contributed by atoms with van der Waals surface area (Å²) in [4.78, 5) is 50.8. The Morgan fingerprint density at radius 2 is 0.561 bits per heavy atom. The minimum Gasteiger partial charge on any atom is -0.459 e. The molecule has 0 spiro atoms. The van der Waals surface area contributed by atoms with E-state index in [2.05, 4.69) is 132 Å². The fourth-order valence-electron chi connectivity index (χ4n) is 33.0. The van der Waals surface area contributed by atoms with Gasteiger partial charge in [-0.2, -0.15) is 0 Å². The van der Waals surface area contributed by atoms with E-state index in [0.717, 1.165) is 147 Å². The zero-order valence-corrected chi connectivity index (χ0v) is 87.2. The van der Waals surface area contributed by atoms with Gasteiger partial charge in [0.25, 0.3) is 0 Å². The lowest BCUT2D eigenvalue weighted by Gasteiger charge is -2.63. The summed E-state index contributed by atoms with van der Waals surface area (Å²) in [5.41, 5.74) is -2.15. The second kappa shape index (κ2) is 51.0. The average molecular weight is 1970 g/mol. The molecule has 0 radical (unpaired) electrons. The van der Waals surface area contributed by atoms with Gasteiger partial charge in [0, 0.05) is 21.7 Å². The van der Waals surface area contributed by atoms with Crippen LogP contribution in [0, 0.1) is 179 Å². The number of unbranched alkanes of at least 4 members (excludes halogenated alkanes) is 2. The Balaban J connectivity index is 0.000000821. The molecular weight excluding hydrogens is 1720 g/mol. The van der Waals surface area contributed by atoms with Gasteiger partial charge in [0.05, 0.1) is 32.9 Å². The summed E-state index contributed by atoms with van der Waals surface area (Å²) in [5, 5.41) is 21.4. The second-order valence-corrected chi connectivity index (χ2v) is 54.1. The third-order valence-corrected chi connectivity index (χ3v) is 42.9. The van der Waals surface area contributed by atoms with Crippen LogP contribution in [0.2, 0.25) is 0 Å². The van der Waals surface area contributed by atoms with Gasteiger partial charge in [0.1, 0.15) is 22.4 Å². The summed E-state index contributed by atoms with van der Waals surface area (Å²) >= 11 is 0. The molecule has 24 aliphatic rings. The van der Waals surface area contributed by atoms with Crippen LogP contribution in [0.25, 0.3) is 0 Å². The molecule has 24 aliphatic carbocycles. The first-order chi connectivity index (χ1) is 59.4. The number of rotatable bonds is 30. The highest BCUT2D eigenvalue weighted by Crippen LogP contribution is 2.70. The van der Waals surface area contributed by atoms with Crippen molar-refractivity contribution in [3.8, 4) is 0 Å². The first kappa shape index (κ1) is 135. The van der Waals surface area contributed by atoms with Crippen LogP contribution in [-0.4, -0.2) is 80.3 Å². The van der Waals surface area contributed by atoms with E-state index in [4.69, 9.17) is 28.4 Å². The van der Waals surface area contributed by atoms with Gasteiger partial charge in [0.2, 0.25) is 0 Å². The molecule has 139 heavy (non-hydrogen) atoms. The quantitative estimate of drug-likeness (QED) is 0.0398. The maximum atomic E-state index is 12.9. The van der Waals surface area contributed by atoms with Crippen molar-refractivity contribution in [3.63, 3.8) is 0 Å². The molecule has 0 aromatic carbocycles. The lowest BCUT2D eigenvalue weighted by molar-refractivity contribution is -0.309. The summed E-state index contributed by atoms with van der Waals surface area (Å²) in [7, 11) is 0. The van der Waals surface area contributed by atoms with Crippen LogP contribution in [0.15, 0.2) is 0 Å². The van der Waals surface area contributed by atoms with Crippen molar-refractivity contribution < 1.29 is 57.8 Å². The molecule has 0 aromatic rings. The van der Waals surface area contributed by atoms with Crippen LogP contribution in [-0.2, 0) is 47.6 Å². The molecule has 24 saturated carbocycles. The highest BCUT2D eigenvalue weighted by atomic mass is 16.6. The monoisotopic (exact) mass is 1960 g/mol. The molecule has 12 heteroatoms. The fourth-order valence-corrected chi connectivity index (χ4v) is 33.0. The lowest BCUT2D eigenvalue weighted by atomic mass is 9.45. The highest BCUT2D eigenvalue weighted by molar-refractivity contribution is 5.78. The third kappa shape index (κ3) is 26.8. The van der Waals surface area contributed by atoms with Crippen LogP contribution in [0.1, 0.15) is 565 Å². The molecule has 2 N–H and O–H groups in total. The van der Waals surface area contributed by atoms with E-state index < -0.39 is 12.6 Å². The normalized spacial score (nSPS) is 37.7. The van der Waals surface area contributed by atoms with Gasteiger partial charge in [0.15, 0.2) is 12.6 Å². The van der Waals surface area contributed by atoms with Crippen molar-refractivity contribution in [2.45, 2.75) is 611 Å². The first-order valence-corrected chi connectivity index (χ1v) is 55.0. The number of hydrogen-bond acceptors (Lipinski definition) is 12. The van der Waals surface area contributed by atoms with Gasteiger partial charge >= 0.3 is 23.9 Å². The molecular formula is C127H246O12. The Hall–Kier alpha value is -2.28. The maximum absolute atomic E-state index is 12.9. The molecule has 0 saturated heterocycles. The van der Waals surface area contributed by atoms with Crippen molar-refractivity contribution in [3.05, 3.63) is 0 Å². The summed E-state index contributed by atoms with van der Waals surface area (Å²) < 4.78 is 38.2. The molecule has 3 unspecified atom stereocenters. The number of hydrogen-bond donors (Lipinski definition) is 2. The molecule has 24 bridgehead atoms. The molecule has 3 atom stereocenters. The van der Waals surface area contributed by atoms with E-state index >= 15 is 0 Å². The molecule has 0 amide bonds. The van der Waals surface area contributed by atoms with Gasteiger partial charge in [-0.25, -0.2) is 0 Å². The smallest absolute Gasteiger partial charge is 0.312 e. The highest BCUT2D eigenvalue weighted by Gasteiger charge is 2.67. The topological polar surface area (TPSA) is 164 Å². The van der Waals surface area contributed by atoms with Crippen molar-refractivity contribution >= 4 is 23.9 Å². The van der Waals surface area contributed by atoms with Gasteiger partial charge in [-0.1, -0.05) is 206 Å². The van der Waals surface area contributed by atoms with E-state index in [-0.39, 0.29) is 190 Å². The van der Waals surface area contributed by atoms with Crippen LogP contribution in [0.5, 0.6) is 0 Å². The SMILES string of the molecule is C.C.C.C.C.C.C.C.C.C.C.C.CCC(C)(C)C(=O)OC(C)(C)C12CC3CC(CC(C3)C1)C2.CCC(C)(C)C(=O)OC1(C)C2CC3CC(C2)CC1C3.CCC(C)(C)C(O)OC1(C(C)C)C2CC3CC(C2)CC1C3.CCC(C)(C)C(O)OC1(CC)C2CC3CC(C2)CC1C3.CCCCC(C)(OC(=O)C(C)(C)CC)C12CC3CC(CC(C3)C1)C2.CCCCC1(OC(=O)C(C)(C)CC)C2CC3CC(C2)CC1C3. The zero-order valence-electron chi connectivity index (χ0n) is 87.2. The van der Waals surface area contributed by atoms with Crippen molar-refractivity contribution in [1.82, 2.24) is 0 Å². The Labute approximate surface area is 867 Å². The Morgan fingerprint density at radius 1 is 0.302 bits per heavy atom. The maximum Gasteiger partial charge on any atom is 0.312 e. The van der Waals surface area contributed by atoms with E-state index in [0.29, 0.717) is 53.3 Å². The van der Waals surface area contributed by atoms with Crippen molar-refractivity contribution in [1.29, 1.82) is 0 Å². The molecule has 12 nitrogen and oxygen atoms in total.